The Hall–Kier alpha value is -3.51. The van der Waals surface area contributed by atoms with E-state index in [0.29, 0.717) is 17.0 Å². The fourth-order valence-electron chi connectivity index (χ4n) is 3.83. The lowest BCUT2D eigenvalue weighted by atomic mass is 9.90. The van der Waals surface area contributed by atoms with Crippen LogP contribution in [0.5, 0.6) is 5.88 Å². The standard InChI is InChI=1S/C25H21NO4S/c1-15-23(25(29)30-2)21(24(28)26(15)17-8-6-9-18(13-17)31-3)14-20-19-10-5-4-7-16(19)11-12-22(20)27/h4-14,28H,1-3H3. The predicted molar refractivity (Wildman–Crippen MR) is 124 cm³/mol. The molecule has 4 rings (SSSR count). The molecule has 1 aromatic heterocycles. The van der Waals surface area contributed by atoms with Crippen LogP contribution in [-0.4, -0.2) is 34.8 Å². The molecule has 0 radical (unpaired) electrons. The Morgan fingerprint density at radius 1 is 1.13 bits per heavy atom. The number of ketones is 1. The SMILES string of the molecule is COC(=O)c1c(C=C2C(=O)C=Cc3ccccc32)c(O)n(-c2cccc(SC)c2)c1C. The number of allylic oxidation sites excluding steroid dienone is 2. The van der Waals surface area contributed by atoms with Crippen LogP contribution in [0.25, 0.3) is 23.4 Å². The number of esters is 1. The third-order valence-electron chi connectivity index (χ3n) is 5.34. The first-order valence-electron chi connectivity index (χ1n) is 9.66. The van der Waals surface area contributed by atoms with Gasteiger partial charge in [-0.1, -0.05) is 36.4 Å². The van der Waals surface area contributed by atoms with Crippen molar-refractivity contribution >= 4 is 41.2 Å². The average molecular weight is 432 g/mol. The number of benzene rings is 2. The molecular weight excluding hydrogens is 410 g/mol. The summed E-state index contributed by atoms with van der Waals surface area (Å²) in [5.41, 5.74) is 3.78. The van der Waals surface area contributed by atoms with E-state index < -0.39 is 5.97 Å². The van der Waals surface area contributed by atoms with Gasteiger partial charge in [-0.15, -0.1) is 11.8 Å². The van der Waals surface area contributed by atoms with E-state index in [4.69, 9.17) is 4.74 Å². The van der Waals surface area contributed by atoms with Crippen molar-refractivity contribution in [3.8, 4) is 11.6 Å². The van der Waals surface area contributed by atoms with Crippen molar-refractivity contribution in [3.63, 3.8) is 0 Å². The van der Waals surface area contributed by atoms with Crippen molar-refractivity contribution in [3.05, 3.63) is 82.6 Å². The summed E-state index contributed by atoms with van der Waals surface area (Å²) in [5, 5.41) is 11.2. The molecule has 0 unspecified atom stereocenters. The fraction of sp³-hybridized carbons (Fsp3) is 0.120. The number of hydrogen-bond acceptors (Lipinski definition) is 5. The van der Waals surface area contributed by atoms with Gasteiger partial charge in [0.2, 0.25) is 5.88 Å². The van der Waals surface area contributed by atoms with Gasteiger partial charge in [0.25, 0.3) is 0 Å². The first-order valence-corrected chi connectivity index (χ1v) is 10.9. The average Bonchev–Trinajstić information content (AvgIpc) is 3.04. The number of methoxy groups -OCH3 is 1. The van der Waals surface area contributed by atoms with Gasteiger partial charge in [0.1, 0.15) is 0 Å². The van der Waals surface area contributed by atoms with Crippen LogP contribution in [0.15, 0.2) is 59.5 Å². The predicted octanol–water partition coefficient (Wildman–Crippen LogP) is 5.14. The third-order valence-corrected chi connectivity index (χ3v) is 6.06. The minimum Gasteiger partial charge on any atom is -0.494 e. The maximum Gasteiger partial charge on any atom is 0.340 e. The minimum absolute atomic E-state index is 0.122. The normalized spacial score (nSPS) is 14.0. The maximum absolute atomic E-state index is 12.7. The number of carbonyl (C=O) groups is 2. The Balaban J connectivity index is 1.98. The van der Waals surface area contributed by atoms with Crippen LogP contribution in [0, 0.1) is 6.92 Å². The summed E-state index contributed by atoms with van der Waals surface area (Å²) in [5.74, 6) is -0.890. The monoisotopic (exact) mass is 431 g/mol. The molecule has 0 aliphatic heterocycles. The van der Waals surface area contributed by atoms with Crippen LogP contribution in [0.2, 0.25) is 0 Å². The maximum atomic E-state index is 12.7. The molecule has 3 aromatic rings. The second-order valence-corrected chi connectivity index (χ2v) is 7.95. The molecule has 6 heteroatoms. The summed E-state index contributed by atoms with van der Waals surface area (Å²) in [6.07, 6.45) is 6.81. The second kappa shape index (κ2) is 8.32. The Bertz CT molecular complexity index is 1270. The van der Waals surface area contributed by atoms with E-state index >= 15 is 0 Å². The van der Waals surface area contributed by atoms with E-state index in [9.17, 15) is 14.7 Å². The van der Waals surface area contributed by atoms with Gasteiger partial charge < -0.3 is 9.84 Å². The van der Waals surface area contributed by atoms with Crippen LogP contribution in [0.1, 0.15) is 32.7 Å². The number of aromatic hydroxyl groups is 1. The van der Waals surface area contributed by atoms with Crippen LogP contribution in [0.3, 0.4) is 0 Å². The molecule has 0 saturated heterocycles. The molecule has 0 bridgehead atoms. The molecule has 1 aliphatic rings. The summed E-state index contributed by atoms with van der Waals surface area (Å²) < 4.78 is 6.60. The summed E-state index contributed by atoms with van der Waals surface area (Å²) in [6, 6.07) is 15.2. The van der Waals surface area contributed by atoms with Crippen molar-refractivity contribution in [2.24, 2.45) is 0 Å². The Kier molecular flexibility index (Phi) is 5.57. The molecule has 31 heavy (non-hydrogen) atoms. The van der Waals surface area contributed by atoms with Gasteiger partial charge in [-0.25, -0.2) is 4.79 Å². The Morgan fingerprint density at radius 2 is 1.90 bits per heavy atom. The molecule has 0 spiro atoms. The molecular formula is C25H21NO4S. The molecule has 5 nitrogen and oxygen atoms in total. The minimum atomic E-state index is -0.577. The molecule has 2 aromatic carbocycles. The van der Waals surface area contributed by atoms with Gasteiger partial charge in [0.15, 0.2) is 5.78 Å². The summed E-state index contributed by atoms with van der Waals surface area (Å²) in [6.45, 7) is 1.75. The van der Waals surface area contributed by atoms with Gasteiger partial charge in [-0.2, -0.15) is 0 Å². The van der Waals surface area contributed by atoms with Crippen LogP contribution < -0.4 is 0 Å². The van der Waals surface area contributed by atoms with Gasteiger partial charge >= 0.3 is 5.97 Å². The van der Waals surface area contributed by atoms with Crippen molar-refractivity contribution in [1.82, 2.24) is 4.57 Å². The highest BCUT2D eigenvalue weighted by atomic mass is 32.2. The van der Waals surface area contributed by atoms with E-state index in [1.54, 1.807) is 35.4 Å². The molecule has 0 amide bonds. The van der Waals surface area contributed by atoms with Crippen molar-refractivity contribution in [2.75, 3.05) is 13.4 Å². The topological polar surface area (TPSA) is 68.5 Å². The largest absolute Gasteiger partial charge is 0.494 e. The highest BCUT2D eigenvalue weighted by molar-refractivity contribution is 7.98. The van der Waals surface area contributed by atoms with Crippen molar-refractivity contribution in [2.45, 2.75) is 11.8 Å². The van der Waals surface area contributed by atoms with E-state index in [1.165, 1.54) is 13.2 Å². The quantitative estimate of drug-likeness (QED) is 0.352. The smallest absolute Gasteiger partial charge is 0.340 e. The Morgan fingerprint density at radius 3 is 2.65 bits per heavy atom. The Labute approximate surface area is 184 Å². The summed E-state index contributed by atoms with van der Waals surface area (Å²) in [7, 11) is 1.30. The number of hydrogen-bond donors (Lipinski definition) is 1. The van der Waals surface area contributed by atoms with E-state index in [0.717, 1.165) is 16.0 Å². The lowest BCUT2D eigenvalue weighted by Crippen LogP contribution is -2.07. The molecule has 0 fully saturated rings. The fourth-order valence-corrected chi connectivity index (χ4v) is 4.28. The number of thioether (sulfide) groups is 1. The lowest BCUT2D eigenvalue weighted by molar-refractivity contribution is -0.109. The first kappa shape index (κ1) is 20.8. The number of nitrogens with zero attached hydrogens (tertiary/aromatic N) is 1. The number of rotatable bonds is 4. The van der Waals surface area contributed by atoms with Gasteiger partial charge in [-0.05, 0) is 54.7 Å². The number of aromatic nitrogens is 1. The molecule has 1 heterocycles. The van der Waals surface area contributed by atoms with Gasteiger partial charge in [0, 0.05) is 21.8 Å². The summed E-state index contributed by atoms with van der Waals surface area (Å²) >= 11 is 1.58. The zero-order chi connectivity index (χ0) is 22.1. The summed E-state index contributed by atoms with van der Waals surface area (Å²) in [4.78, 5) is 26.4. The first-order chi connectivity index (χ1) is 15.0. The molecule has 0 saturated carbocycles. The number of carbonyl (C=O) groups excluding carboxylic acids is 2. The van der Waals surface area contributed by atoms with Crippen LogP contribution in [0.4, 0.5) is 0 Å². The highest BCUT2D eigenvalue weighted by Crippen LogP contribution is 2.37. The molecule has 156 valence electrons. The third kappa shape index (κ3) is 3.59. The zero-order valence-electron chi connectivity index (χ0n) is 17.4. The van der Waals surface area contributed by atoms with Gasteiger partial charge in [0.05, 0.1) is 18.2 Å². The molecule has 0 atom stereocenters. The second-order valence-electron chi connectivity index (χ2n) is 7.07. The van der Waals surface area contributed by atoms with Crippen LogP contribution >= 0.6 is 11.8 Å². The zero-order valence-corrected chi connectivity index (χ0v) is 18.2. The van der Waals surface area contributed by atoms with Crippen molar-refractivity contribution in [1.29, 1.82) is 0 Å². The van der Waals surface area contributed by atoms with Crippen molar-refractivity contribution < 1.29 is 19.4 Å². The lowest BCUT2D eigenvalue weighted by Gasteiger charge is -2.13. The molecule has 1 aliphatic carbocycles. The van der Waals surface area contributed by atoms with E-state index in [2.05, 4.69) is 0 Å². The number of fused-ring (bicyclic) bond motifs is 1. The van der Waals surface area contributed by atoms with Crippen LogP contribution in [-0.2, 0) is 9.53 Å². The van der Waals surface area contributed by atoms with Gasteiger partial charge in [-0.3, -0.25) is 9.36 Å². The van der Waals surface area contributed by atoms with E-state index in [-0.39, 0.29) is 22.8 Å². The highest BCUT2D eigenvalue weighted by Gasteiger charge is 2.27. The van der Waals surface area contributed by atoms with E-state index in [1.807, 2.05) is 54.8 Å². The molecule has 1 N–H and O–H groups in total. The number of ether oxygens (including phenoxy) is 1.